The highest BCUT2D eigenvalue weighted by Gasteiger charge is 2.29. The third-order valence-electron chi connectivity index (χ3n) is 3.07. The largest absolute Gasteiger partial charge is 0.383 e. The Morgan fingerprint density at radius 2 is 2.41 bits per heavy atom. The summed E-state index contributed by atoms with van der Waals surface area (Å²) in [6.07, 6.45) is 2.10. The molecule has 0 spiro atoms. The minimum atomic E-state index is 0.103. The summed E-state index contributed by atoms with van der Waals surface area (Å²) in [7, 11) is 1.68. The smallest absolute Gasteiger partial charge is 0.254 e. The van der Waals surface area contributed by atoms with Gasteiger partial charge < -0.3 is 9.64 Å². The van der Waals surface area contributed by atoms with E-state index in [1.165, 1.54) is 0 Å². The number of methoxy groups -OCH3 is 1. The topological polar surface area (TPSA) is 29.5 Å². The first-order valence-electron chi connectivity index (χ1n) is 5.78. The van der Waals surface area contributed by atoms with Crippen LogP contribution in [0.2, 0.25) is 0 Å². The summed E-state index contributed by atoms with van der Waals surface area (Å²) in [4.78, 5) is 14.3. The summed E-state index contributed by atoms with van der Waals surface area (Å²) in [5, 5.41) is 0. The second kappa shape index (κ2) is 5.65. The first-order chi connectivity index (χ1) is 8.22. The van der Waals surface area contributed by atoms with Gasteiger partial charge in [0.2, 0.25) is 0 Å². The number of rotatable bonds is 3. The van der Waals surface area contributed by atoms with Crippen LogP contribution in [0.4, 0.5) is 0 Å². The molecular weight excluding hydrogens is 282 g/mol. The molecule has 1 heterocycles. The lowest BCUT2D eigenvalue weighted by Gasteiger charge is -2.24. The van der Waals surface area contributed by atoms with Crippen LogP contribution in [0, 0.1) is 0 Å². The van der Waals surface area contributed by atoms with Crippen molar-refractivity contribution in [1.82, 2.24) is 4.90 Å². The molecule has 1 fully saturated rings. The molecule has 3 nitrogen and oxygen atoms in total. The monoisotopic (exact) mass is 297 g/mol. The maximum atomic E-state index is 12.3. The van der Waals surface area contributed by atoms with Crippen molar-refractivity contribution < 1.29 is 9.53 Å². The lowest BCUT2D eigenvalue weighted by Crippen LogP contribution is -2.38. The van der Waals surface area contributed by atoms with Crippen molar-refractivity contribution in [3.8, 4) is 0 Å². The maximum absolute atomic E-state index is 12.3. The van der Waals surface area contributed by atoms with Crippen LogP contribution in [0.25, 0.3) is 0 Å². The number of benzene rings is 1. The molecule has 1 aromatic rings. The standard InChI is InChI=1S/C13H16BrNO2/c1-17-9-12-6-3-7-15(12)13(16)10-4-2-5-11(14)8-10/h2,4-5,8,12H,3,6-7,9H2,1H3. The second-order valence-electron chi connectivity index (χ2n) is 4.26. The molecule has 0 aliphatic carbocycles. The fraction of sp³-hybridized carbons (Fsp3) is 0.462. The van der Waals surface area contributed by atoms with Gasteiger partial charge in [-0.3, -0.25) is 4.79 Å². The third-order valence-corrected chi connectivity index (χ3v) is 3.56. The number of amides is 1. The van der Waals surface area contributed by atoms with Gasteiger partial charge in [0, 0.05) is 23.7 Å². The Hall–Kier alpha value is -0.870. The first-order valence-corrected chi connectivity index (χ1v) is 6.57. The lowest BCUT2D eigenvalue weighted by molar-refractivity contribution is 0.0630. The summed E-state index contributed by atoms with van der Waals surface area (Å²) in [6.45, 7) is 1.46. The van der Waals surface area contributed by atoms with Crippen LogP contribution in [0.3, 0.4) is 0 Å². The number of halogens is 1. The van der Waals surface area contributed by atoms with E-state index in [0.717, 1.165) is 29.4 Å². The lowest BCUT2D eigenvalue weighted by atomic mass is 10.2. The Balaban J connectivity index is 2.14. The molecule has 1 aromatic carbocycles. The highest BCUT2D eigenvalue weighted by atomic mass is 79.9. The minimum absolute atomic E-state index is 0.103. The van der Waals surface area contributed by atoms with Gasteiger partial charge in [0.05, 0.1) is 12.6 Å². The molecule has 1 atom stereocenters. The molecule has 1 aliphatic heterocycles. The van der Waals surface area contributed by atoms with E-state index in [-0.39, 0.29) is 11.9 Å². The van der Waals surface area contributed by atoms with Gasteiger partial charge >= 0.3 is 0 Å². The van der Waals surface area contributed by atoms with E-state index in [2.05, 4.69) is 15.9 Å². The SMILES string of the molecule is COCC1CCCN1C(=O)c1cccc(Br)c1. The predicted octanol–water partition coefficient (Wildman–Crippen LogP) is 2.70. The number of hydrogen-bond acceptors (Lipinski definition) is 2. The Morgan fingerprint density at radius 3 is 3.12 bits per heavy atom. The van der Waals surface area contributed by atoms with Crippen LogP contribution in [-0.2, 0) is 4.74 Å². The summed E-state index contributed by atoms with van der Waals surface area (Å²) in [6, 6.07) is 7.76. The summed E-state index contributed by atoms with van der Waals surface area (Å²) < 4.78 is 6.10. The normalized spacial score (nSPS) is 19.6. The summed E-state index contributed by atoms with van der Waals surface area (Å²) >= 11 is 3.39. The highest BCUT2D eigenvalue weighted by Crippen LogP contribution is 2.21. The quantitative estimate of drug-likeness (QED) is 0.858. The van der Waals surface area contributed by atoms with Crippen molar-refractivity contribution in [3.63, 3.8) is 0 Å². The Morgan fingerprint density at radius 1 is 1.59 bits per heavy atom. The molecule has 0 saturated carbocycles. The van der Waals surface area contributed by atoms with E-state index in [4.69, 9.17) is 4.74 Å². The van der Waals surface area contributed by atoms with Gasteiger partial charge in [-0.25, -0.2) is 0 Å². The van der Waals surface area contributed by atoms with Gasteiger partial charge in [0.15, 0.2) is 0 Å². The number of carbonyl (C=O) groups excluding carboxylic acids is 1. The zero-order chi connectivity index (χ0) is 12.3. The molecule has 92 valence electrons. The Bertz CT molecular complexity index is 408. The van der Waals surface area contributed by atoms with Crippen molar-refractivity contribution in [2.75, 3.05) is 20.3 Å². The van der Waals surface area contributed by atoms with E-state index in [9.17, 15) is 4.79 Å². The Labute approximate surface area is 110 Å². The average Bonchev–Trinajstić information content (AvgIpc) is 2.77. The zero-order valence-electron chi connectivity index (χ0n) is 9.86. The molecule has 0 aromatic heterocycles. The number of ether oxygens (including phenoxy) is 1. The second-order valence-corrected chi connectivity index (χ2v) is 5.18. The van der Waals surface area contributed by atoms with E-state index in [1.54, 1.807) is 7.11 Å². The van der Waals surface area contributed by atoms with Crippen molar-refractivity contribution in [1.29, 1.82) is 0 Å². The van der Waals surface area contributed by atoms with Gasteiger partial charge in [-0.15, -0.1) is 0 Å². The molecule has 4 heteroatoms. The zero-order valence-corrected chi connectivity index (χ0v) is 11.4. The highest BCUT2D eigenvalue weighted by molar-refractivity contribution is 9.10. The number of carbonyl (C=O) groups is 1. The molecule has 1 aliphatic rings. The van der Waals surface area contributed by atoms with Crippen LogP contribution in [0.1, 0.15) is 23.2 Å². The fourth-order valence-electron chi connectivity index (χ4n) is 2.26. The van der Waals surface area contributed by atoms with Crippen LogP contribution in [0.15, 0.2) is 28.7 Å². The molecule has 1 saturated heterocycles. The minimum Gasteiger partial charge on any atom is -0.383 e. The average molecular weight is 298 g/mol. The first kappa shape index (κ1) is 12.6. The van der Waals surface area contributed by atoms with Crippen LogP contribution in [0.5, 0.6) is 0 Å². The van der Waals surface area contributed by atoms with Crippen molar-refractivity contribution in [2.24, 2.45) is 0 Å². The Kier molecular flexibility index (Phi) is 4.18. The van der Waals surface area contributed by atoms with E-state index in [1.807, 2.05) is 29.2 Å². The molecule has 17 heavy (non-hydrogen) atoms. The van der Waals surface area contributed by atoms with Gasteiger partial charge in [-0.05, 0) is 31.0 Å². The van der Waals surface area contributed by atoms with Crippen LogP contribution in [-0.4, -0.2) is 37.1 Å². The summed E-state index contributed by atoms with van der Waals surface area (Å²) in [5.41, 5.74) is 0.738. The predicted molar refractivity (Wildman–Crippen MR) is 70.1 cm³/mol. The molecular formula is C13H16BrNO2. The molecule has 0 bridgehead atoms. The van der Waals surface area contributed by atoms with Crippen molar-refractivity contribution >= 4 is 21.8 Å². The maximum Gasteiger partial charge on any atom is 0.254 e. The van der Waals surface area contributed by atoms with Gasteiger partial charge in [-0.2, -0.15) is 0 Å². The molecule has 1 unspecified atom stereocenters. The van der Waals surface area contributed by atoms with Crippen LogP contribution < -0.4 is 0 Å². The third kappa shape index (κ3) is 2.87. The van der Waals surface area contributed by atoms with Gasteiger partial charge in [0.25, 0.3) is 5.91 Å². The van der Waals surface area contributed by atoms with E-state index in [0.29, 0.717) is 6.61 Å². The van der Waals surface area contributed by atoms with E-state index >= 15 is 0 Å². The van der Waals surface area contributed by atoms with Gasteiger partial charge in [0.1, 0.15) is 0 Å². The van der Waals surface area contributed by atoms with Crippen molar-refractivity contribution in [3.05, 3.63) is 34.3 Å². The molecule has 1 amide bonds. The molecule has 0 radical (unpaired) electrons. The number of nitrogens with zero attached hydrogens (tertiary/aromatic N) is 1. The summed E-state index contributed by atoms with van der Waals surface area (Å²) in [5.74, 6) is 0.103. The molecule has 2 rings (SSSR count). The number of likely N-dealkylation sites (tertiary alicyclic amines) is 1. The fourth-order valence-corrected chi connectivity index (χ4v) is 2.66. The van der Waals surface area contributed by atoms with E-state index < -0.39 is 0 Å². The van der Waals surface area contributed by atoms with Crippen molar-refractivity contribution in [2.45, 2.75) is 18.9 Å². The van der Waals surface area contributed by atoms with Crippen LogP contribution >= 0.6 is 15.9 Å². The molecule has 0 N–H and O–H groups in total. The number of hydrogen-bond donors (Lipinski definition) is 0. The van der Waals surface area contributed by atoms with Gasteiger partial charge in [-0.1, -0.05) is 22.0 Å².